The van der Waals surface area contributed by atoms with Gasteiger partial charge < -0.3 is 5.73 Å². The lowest BCUT2D eigenvalue weighted by molar-refractivity contribution is -0.138. The van der Waals surface area contributed by atoms with Crippen molar-refractivity contribution in [2.45, 2.75) is 24.8 Å². The molecule has 1 nitrogen and oxygen atoms in total. The molecule has 0 aromatic heterocycles. The van der Waals surface area contributed by atoms with Crippen molar-refractivity contribution in [2.75, 3.05) is 0 Å². The van der Waals surface area contributed by atoms with Crippen LogP contribution in [0.15, 0.2) is 22.7 Å². The highest BCUT2D eigenvalue weighted by atomic mass is 79.9. The summed E-state index contributed by atoms with van der Waals surface area (Å²) in [6.07, 6.45) is -10.5. The van der Waals surface area contributed by atoms with E-state index in [1.165, 1.54) is 0 Å². The summed E-state index contributed by atoms with van der Waals surface area (Å²) in [7, 11) is 0. The predicted molar refractivity (Wildman–Crippen MR) is 56.7 cm³/mol. The van der Waals surface area contributed by atoms with Gasteiger partial charge in [-0.15, -0.1) is 0 Å². The van der Waals surface area contributed by atoms with Gasteiger partial charge in [0.1, 0.15) is 0 Å². The smallest absolute Gasteiger partial charge is 0.324 e. The van der Waals surface area contributed by atoms with Crippen molar-refractivity contribution in [1.82, 2.24) is 0 Å². The largest absolute Gasteiger partial charge is 0.416 e. The zero-order chi connectivity index (χ0) is 14.1. The van der Waals surface area contributed by atoms with Crippen LogP contribution in [0, 0.1) is 0 Å². The lowest BCUT2D eigenvalue weighted by atomic mass is 10.0. The van der Waals surface area contributed by atoms with Gasteiger partial charge in [-0.3, -0.25) is 0 Å². The molecular formula is C10H8BrF6N. The number of alkyl halides is 6. The summed E-state index contributed by atoms with van der Waals surface area (Å²) in [6.45, 7) is 0. The van der Waals surface area contributed by atoms with E-state index in [4.69, 9.17) is 5.73 Å². The Hall–Kier alpha value is -0.760. The van der Waals surface area contributed by atoms with Gasteiger partial charge in [-0.2, -0.15) is 26.3 Å². The molecule has 1 rings (SSSR count). The van der Waals surface area contributed by atoms with E-state index in [1.807, 2.05) is 0 Å². The number of hydrogen-bond donors (Lipinski definition) is 1. The SMILES string of the molecule is N[C@@H](CC(F)(F)F)c1cc(Br)cc(C(F)(F)F)c1. The maximum absolute atomic E-state index is 12.5. The molecule has 18 heavy (non-hydrogen) atoms. The molecule has 2 N–H and O–H groups in total. The molecule has 0 unspecified atom stereocenters. The molecule has 102 valence electrons. The average molecular weight is 336 g/mol. The molecule has 0 spiro atoms. The molecule has 0 aliphatic rings. The van der Waals surface area contributed by atoms with E-state index in [9.17, 15) is 26.3 Å². The van der Waals surface area contributed by atoms with Crippen LogP contribution in [0.2, 0.25) is 0 Å². The summed E-state index contributed by atoms with van der Waals surface area (Å²) in [6, 6.07) is 1.03. The Morgan fingerprint density at radius 2 is 1.61 bits per heavy atom. The second kappa shape index (κ2) is 5.08. The minimum atomic E-state index is -4.63. The summed E-state index contributed by atoms with van der Waals surface area (Å²) in [5, 5.41) is 0. The molecule has 8 heteroatoms. The van der Waals surface area contributed by atoms with E-state index in [0.29, 0.717) is 6.07 Å². The van der Waals surface area contributed by atoms with E-state index in [-0.39, 0.29) is 10.0 Å². The normalized spacial score (nSPS) is 14.7. The van der Waals surface area contributed by atoms with Crippen LogP contribution >= 0.6 is 15.9 Å². The van der Waals surface area contributed by atoms with Gasteiger partial charge in [0.15, 0.2) is 0 Å². The van der Waals surface area contributed by atoms with Crippen LogP contribution in [-0.2, 0) is 6.18 Å². The Morgan fingerprint density at radius 3 is 2.06 bits per heavy atom. The Labute approximate surface area is 107 Å². The third-order valence-electron chi connectivity index (χ3n) is 2.13. The van der Waals surface area contributed by atoms with Crippen molar-refractivity contribution in [3.8, 4) is 0 Å². The molecule has 0 amide bonds. The average Bonchev–Trinajstić information content (AvgIpc) is 2.12. The van der Waals surface area contributed by atoms with Gasteiger partial charge in [0.2, 0.25) is 0 Å². The van der Waals surface area contributed by atoms with Gasteiger partial charge in [0.25, 0.3) is 0 Å². The van der Waals surface area contributed by atoms with Crippen LogP contribution in [0.5, 0.6) is 0 Å². The monoisotopic (exact) mass is 335 g/mol. The van der Waals surface area contributed by atoms with Gasteiger partial charge in [0.05, 0.1) is 12.0 Å². The zero-order valence-corrected chi connectivity index (χ0v) is 10.3. The zero-order valence-electron chi connectivity index (χ0n) is 8.74. The predicted octanol–water partition coefficient (Wildman–Crippen LogP) is 4.42. The molecule has 0 heterocycles. The fourth-order valence-electron chi connectivity index (χ4n) is 1.36. The van der Waals surface area contributed by atoms with Gasteiger partial charge in [-0.25, -0.2) is 0 Å². The number of hydrogen-bond acceptors (Lipinski definition) is 1. The molecule has 0 aliphatic heterocycles. The molecule has 1 aromatic rings. The second-order valence-corrected chi connectivity index (χ2v) is 4.61. The van der Waals surface area contributed by atoms with Gasteiger partial charge in [-0.05, 0) is 23.8 Å². The van der Waals surface area contributed by atoms with Crippen LogP contribution in [0.4, 0.5) is 26.3 Å². The van der Waals surface area contributed by atoms with Gasteiger partial charge >= 0.3 is 12.4 Å². The third kappa shape index (κ3) is 4.49. The van der Waals surface area contributed by atoms with Gasteiger partial charge in [0, 0.05) is 10.5 Å². The van der Waals surface area contributed by atoms with E-state index in [0.717, 1.165) is 12.1 Å². The Balaban J connectivity index is 3.07. The summed E-state index contributed by atoms with van der Waals surface area (Å²) in [5.41, 5.74) is 4.00. The third-order valence-corrected chi connectivity index (χ3v) is 2.58. The van der Waals surface area contributed by atoms with E-state index >= 15 is 0 Å². The standard InChI is InChI=1S/C10H8BrF6N/c11-7-2-5(8(18)4-9(12,13)14)1-6(3-7)10(15,16)17/h1-3,8H,4,18H2/t8-/m0/s1. The fraction of sp³-hybridized carbons (Fsp3) is 0.400. The molecule has 1 atom stereocenters. The highest BCUT2D eigenvalue weighted by molar-refractivity contribution is 9.10. The van der Waals surface area contributed by atoms with Crippen molar-refractivity contribution in [1.29, 1.82) is 0 Å². The molecule has 0 saturated carbocycles. The highest BCUT2D eigenvalue weighted by Crippen LogP contribution is 2.35. The molecule has 0 radical (unpaired) electrons. The first-order valence-electron chi connectivity index (χ1n) is 4.69. The first-order valence-corrected chi connectivity index (χ1v) is 5.48. The van der Waals surface area contributed by atoms with Crippen molar-refractivity contribution < 1.29 is 26.3 Å². The van der Waals surface area contributed by atoms with Gasteiger partial charge in [-0.1, -0.05) is 15.9 Å². The Kier molecular flexibility index (Phi) is 4.32. The molecule has 1 aromatic carbocycles. The van der Waals surface area contributed by atoms with E-state index in [1.54, 1.807) is 0 Å². The summed E-state index contributed by atoms with van der Waals surface area (Å²) in [5.74, 6) is 0. The van der Waals surface area contributed by atoms with Crippen LogP contribution in [0.3, 0.4) is 0 Å². The molecule has 0 bridgehead atoms. The molecule has 0 fully saturated rings. The Morgan fingerprint density at radius 1 is 1.06 bits per heavy atom. The van der Waals surface area contributed by atoms with E-state index < -0.39 is 30.4 Å². The number of halogens is 7. The maximum atomic E-state index is 12.5. The van der Waals surface area contributed by atoms with Crippen LogP contribution in [-0.4, -0.2) is 6.18 Å². The lowest BCUT2D eigenvalue weighted by Gasteiger charge is -2.16. The lowest BCUT2D eigenvalue weighted by Crippen LogP contribution is -2.20. The summed E-state index contributed by atoms with van der Waals surface area (Å²) < 4.78 is 73.8. The first kappa shape index (κ1) is 15.3. The molecule has 0 saturated heterocycles. The molecule has 0 aliphatic carbocycles. The minimum absolute atomic E-state index is 0.0324. The van der Waals surface area contributed by atoms with Crippen molar-refractivity contribution in [3.63, 3.8) is 0 Å². The van der Waals surface area contributed by atoms with E-state index in [2.05, 4.69) is 15.9 Å². The van der Waals surface area contributed by atoms with Crippen molar-refractivity contribution in [2.24, 2.45) is 5.73 Å². The fourth-order valence-corrected chi connectivity index (χ4v) is 1.87. The first-order chi connectivity index (χ1) is 7.99. The van der Waals surface area contributed by atoms with Crippen LogP contribution in [0.1, 0.15) is 23.6 Å². The number of benzene rings is 1. The van der Waals surface area contributed by atoms with Crippen LogP contribution in [0.25, 0.3) is 0 Å². The highest BCUT2D eigenvalue weighted by Gasteiger charge is 2.34. The second-order valence-electron chi connectivity index (χ2n) is 3.70. The Bertz CT molecular complexity index is 425. The topological polar surface area (TPSA) is 26.0 Å². The summed E-state index contributed by atoms with van der Waals surface area (Å²) >= 11 is 2.82. The van der Waals surface area contributed by atoms with Crippen molar-refractivity contribution in [3.05, 3.63) is 33.8 Å². The maximum Gasteiger partial charge on any atom is 0.416 e. The number of nitrogens with two attached hydrogens (primary N) is 1. The summed E-state index contributed by atoms with van der Waals surface area (Å²) in [4.78, 5) is 0. The number of rotatable bonds is 2. The minimum Gasteiger partial charge on any atom is -0.324 e. The quantitative estimate of drug-likeness (QED) is 0.795. The molecular weight excluding hydrogens is 328 g/mol. The van der Waals surface area contributed by atoms with Crippen LogP contribution < -0.4 is 5.73 Å². The van der Waals surface area contributed by atoms with Crippen molar-refractivity contribution >= 4 is 15.9 Å².